The number of hydrogen-bond acceptors (Lipinski definition) is 4. The number of para-hydroxylation sites is 1. The number of benzene rings is 2. The zero-order valence-electron chi connectivity index (χ0n) is 17.6. The smallest absolute Gasteiger partial charge is 0.252 e. The lowest BCUT2D eigenvalue weighted by Gasteiger charge is -2.16. The summed E-state index contributed by atoms with van der Waals surface area (Å²) in [5, 5.41) is 4.02. The monoisotopic (exact) mass is 404 g/mol. The summed E-state index contributed by atoms with van der Waals surface area (Å²) in [5.74, 6) is 1.89. The van der Waals surface area contributed by atoms with Crippen LogP contribution in [0.3, 0.4) is 0 Å². The molecule has 5 nitrogen and oxygen atoms in total. The number of hydrogen-bond donors (Lipinski definition) is 1. The molecule has 1 aliphatic rings. The minimum atomic E-state index is -0.0504. The van der Waals surface area contributed by atoms with Gasteiger partial charge in [-0.25, -0.2) is 4.98 Å². The second-order valence-electron chi connectivity index (χ2n) is 7.77. The van der Waals surface area contributed by atoms with Crippen molar-refractivity contribution < 1.29 is 14.3 Å². The van der Waals surface area contributed by atoms with Gasteiger partial charge in [-0.2, -0.15) is 0 Å². The van der Waals surface area contributed by atoms with Crippen molar-refractivity contribution in [1.29, 1.82) is 0 Å². The van der Waals surface area contributed by atoms with Gasteiger partial charge in [0, 0.05) is 17.5 Å². The van der Waals surface area contributed by atoms with Crippen LogP contribution in [0.5, 0.6) is 11.5 Å². The van der Waals surface area contributed by atoms with Gasteiger partial charge in [0.15, 0.2) is 11.5 Å². The van der Waals surface area contributed by atoms with Gasteiger partial charge in [-0.3, -0.25) is 4.79 Å². The third kappa shape index (κ3) is 4.25. The topological polar surface area (TPSA) is 60.5 Å². The maximum absolute atomic E-state index is 13.1. The lowest BCUT2D eigenvalue weighted by molar-refractivity contribution is 0.0947. The Balaban J connectivity index is 1.64. The van der Waals surface area contributed by atoms with Gasteiger partial charge in [0.1, 0.15) is 0 Å². The van der Waals surface area contributed by atoms with E-state index in [9.17, 15) is 4.79 Å². The summed E-state index contributed by atoms with van der Waals surface area (Å²) in [5.41, 5.74) is 3.10. The highest BCUT2D eigenvalue weighted by atomic mass is 16.7. The van der Waals surface area contributed by atoms with E-state index in [2.05, 4.69) is 19.2 Å². The molecule has 0 aliphatic carbocycles. The second kappa shape index (κ2) is 9.16. The van der Waals surface area contributed by atoms with E-state index in [0.29, 0.717) is 23.8 Å². The van der Waals surface area contributed by atoms with Crippen LogP contribution in [0.4, 0.5) is 0 Å². The predicted molar refractivity (Wildman–Crippen MR) is 119 cm³/mol. The molecule has 156 valence electrons. The van der Waals surface area contributed by atoms with E-state index in [1.807, 2.05) is 48.5 Å². The van der Waals surface area contributed by atoms with Crippen molar-refractivity contribution in [2.24, 2.45) is 5.92 Å². The number of rotatable bonds is 8. The molecule has 0 fully saturated rings. The highest BCUT2D eigenvalue weighted by Gasteiger charge is 2.18. The van der Waals surface area contributed by atoms with Crippen molar-refractivity contribution in [3.05, 3.63) is 54.1 Å². The molecule has 0 saturated carbocycles. The number of nitrogens with zero attached hydrogens (tertiary/aromatic N) is 1. The average Bonchev–Trinajstić information content (AvgIpc) is 3.26. The zero-order valence-corrected chi connectivity index (χ0v) is 17.6. The van der Waals surface area contributed by atoms with Crippen LogP contribution in [0.2, 0.25) is 0 Å². The first-order valence-corrected chi connectivity index (χ1v) is 10.8. The minimum absolute atomic E-state index is 0.0504. The first-order valence-electron chi connectivity index (χ1n) is 10.8. The van der Waals surface area contributed by atoms with Crippen LogP contribution in [0.1, 0.15) is 49.9 Å². The van der Waals surface area contributed by atoms with Crippen molar-refractivity contribution in [1.82, 2.24) is 10.3 Å². The SMILES string of the molecule is CCCCC(CC)CNC(=O)c1cc(-c2ccc3c(c2)OCO3)nc2ccccc12. The molecular formula is C25H28N2O3. The molecule has 5 heteroatoms. The van der Waals surface area contributed by atoms with Crippen molar-refractivity contribution >= 4 is 16.8 Å². The summed E-state index contributed by atoms with van der Waals surface area (Å²) < 4.78 is 10.9. The standard InChI is InChI=1S/C25H28N2O3/c1-3-5-8-17(4-2)15-26-25(28)20-14-22(27-21-10-7-6-9-19(20)21)18-11-12-23-24(13-18)30-16-29-23/h6-7,9-14,17H,3-5,8,15-16H2,1-2H3,(H,26,28). The number of nitrogens with one attached hydrogen (secondary N) is 1. The lowest BCUT2D eigenvalue weighted by atomic mass is 9.99. The molecule has 1 N–H and O–H groups in total. The summed E-state index contributed by atoms with van der Waals surface area (Å²) >= 11 is 0. The number of unbranched alkanes of at least 4 members (excludes halogenated alkanes) is 1. The fourth-order valence-electron chi connectivity index (χ4n) is 3.84. The molecule has 2 aromatic carbocycles. The Morgan fingerprint density at radius 2 is 1.93 bits per heavy atom. The molecule has 4 rings (SSSR count). The zero-order chi connectivity index (χ0) is 20.9. The molecule has 0 saturated heterocycles. The van der Waals surface area contributed by atoms with Gasteiger partial charge in [0.2, 0.25) is 6.79 Å². The number of aromatic nitrogens is 1. The molecule has 30 heavy (non-hydrogen) atoms. The van der Waals surface area contributed by atoms with Crippen LogP contribution >= 0.6 is 0 Å². The Bertz CT molecular complexity index is 1050. The molecule has 1 amide bonds. The Hall–Kier alpha value is -3.08. The first-order chi connectivity index (χ1) is 14.7. The summed E-state index contributed by atoms with van der Waals surface area (Å²) in [6.07, 6.45) is 4.59. The Morgan fingerprint density at radius 1 is 1.10 bits per heavy atom. The fraction of sp³-hybridized carbons (Fsp3) is 0.360. The van der Waals surface area contributed by atoms with E-state index in [-0.39, 0.29) is 12.7 Å². The largest absolute Gasteiger partial charge is 0.454 e. The van der Waals surface area contributed by atoms with Crippen molar-refractivity contribution in [2.45, 2.75) is 39.5 Å². The highest BCUT2D eigenvalue weighted by molar-refractivity contribution is 6.07. The maximum Gasteiger partial charge on any atom is 0.252 e. The van der Waals surface area contributed by atoms with Gasteiger partial charge in [-0.15, -0.1) is 0 Å². The molecular weight excluding hydrogens is 376 g/mol. The number of fused-ring (bicyclic) bond motifs is 2. The highest BCUT2D eigenvalue weighted by Crippen LogP contribution is 2.36. The van der Waals surface area contributed by atoms with Crippen LogP contribution in [0.15, 0.2) is 48.5 Å². The van der Waals surface area contributed by atoms with E-state index in [4.69, 9.17) is 14.5 Å². The quantitative estimate of drug-likeness (QED) is 0.533. The summed E-state index contributed by atoms with van der Waals surface area (Å²) in [7, 11) is 0. The number of pyridine rings is 1. The van der Waals surface area contributed by atoms with Crippen LogP contribution in [0.25, 0.3) is 22.2 Å². The fourth-order valence-corrected chi connectivity index (χ4v) is 3.84. The van der Waals surface area contributed by atoms with Crippen LogP contribution < -0.4 is 14.8 Å². The number of amides is 1. The Morgan fingerprint density at radius 3 is 2.77 bits per heavy atom. The number of carbonyl (C=O) groups excluding carboxylic acids is 1. The van der Waals surface area contributed by atoms with E-state index < -0.39 is 0 Å². The van der Waals surface area contributed by atoms with Crippen molar-refractivity contribution in [3.8, 4) is 22.8 Å². The van der Waals surface area contributed by atoms with E-state index >= 15 is 0 Å². The van der Waals surface area contributed by atoms with Gasteiger partial charge in [-0.05, 0) is 42.7 Å². The molecule has 2 heterocycles. The molecule has 1 atom stereocenters. The Labute approximate surface area is 177 Å². The average molecular weight is 405 g/mol. The number of ether oxygens (including phenoxy) is 2. The lowest BCUT2D eigenvalue weighted by Crippen LogP contribution is -2.29. The normalized spacial score (nSPS) is 13.4. The first kappa shape index (κ1) is 20.2. The molecule has 0 spiro atoms. The van der Waals surface area contributed by atoms with Crippen LogP contribution in [-0.2, 0) is 0 Å². The van der Waals surface area contributed by atoms with Gasteiger partial charge >= 0.3 is 0 Å². The second-order valence-corrected chi connectivity index (χ2v) is 7.77. The molecule has 1 unspecified atom stereocenters. The third-order valence-corrected chi connectivity index (χ3v) is 5.72. The molecule has 1 aliphatic heterocycles. The Kier molecular flexibility index (Phi) is 6.17. The van der Waals surface area contributed by atoms with Crippen LogP contribution in [-0.4, -0.2) is 24.2 Å². The number of carbonyl (C=O) groups is 1. The summed E-state index contributed by atoms with van der Waals surface area (Å²) in [6.45, 7) is 5.32. The molecule has 0 radical (unpaired) electrons. The van der Waals surface area contributed by atoms with Gasteiger partial charge in [0.25, 0.3) is 5.91 Å². The van der Waals surface area contributed by atoms with Gasteiger partial charge in [-0.1, -0.05) is 51.3 Å². The van der Waals surface area contributed by atoms with E-state index in [1.165, 1.54) is 12.8 Å². The van der Waals surface area contributed by atoms with Gasteiger partial charge < -0.3 is 14.8 Å². The predicted octanol–water partition coefficient (Wildman–Crippen LogP) is 5.58. The van der Waals surface area contributed by atoms with Gasteiger partial charge in [0.05, 0.1) is 16.8 Å². The summed E-state index contributed by atoms with van der Waals surface area (Å²) in [6, 6.07) is 15.4. The van der Waals surface area contributed by atoms with E-state index in [1.54, 1.807) is 0 Å². The third-order valence-electron chi connectivity index (χ3n) is 5.72. The molecule has 1 aromatic heterocycles. The minimum Gasteiger partial charge on any atom is -0.454 e. The molecule has 0 bridgehead atoms. The summed E-state index contributed by atoms with van der Waals surface area (Å²) in [4.78, 5) is 17.9. The van der Waals surface area contributed by atoms with Crippen LogP contribution in [0, 0.1) is 5.92 Å². The molecule has 3 aromatic rings. The van der Waals surface area contributed by atoms with Crippen molar-refractivity contribution in [2.75, 3.05) is 13.3 Å². The van der Waals surface area contributed by atoms with E-state index in [0.717, 1.165) is 40.8 Å². The maximum atomic E-state index is 13.1. The van der Waals surface area contributed by atoms with Crippen molar-refractivity contribution in [3.63, 3.8) is 0 Å².